The molecule has 3 heterocycles. The Kier molecular flexibility index (Phi) is 3.42. The van der Waals surface area contributed by atoms with E-state index in [1.54, 1.807) is 17.0 Å². The van der Waals surface area contributed by atoms with Gasteiger partial charge in [0, 0.05) is 18.7 Å². The highest BCUT2D eigenvalue weighted by Gasteiger charge is 2.35. The van der Waals surface area contributed by atoms with Crippen LogP contribution in [-0.4, -0.2) is 22.6 Å². The molecule has 0 radical (unpaired) electrons. The Balaban J connectivity index is 1.55. The number of anilines is 1. The zero-order valence-corrected chi connectivity index (χ0v) is 12.8. The molecule has 5 nitrogen and oxygen atoms in total. The maximum Gasteiger partial charge on any atom is 0.232 e. The van der Waals surface area contributed by atoms with Crippen LogP contribution in [0.25, 0.3) is 10.7 Å². The van der Waals surface area contributed by atoms with E-state index in [9.17, 15) is 9.18 Å². The Hall–Kier alpha value is -2.54. The number of amides is 1. The molecule has 0 unspecified atom stereocenters. The number of benzene rings is 1. The van der Waals surface area contributed by atoms with Crippen molar-refractivity contribution in [1.82, 2.24) is 10.1 Å². The lowest BCUT2D eigenvalue weighted by atomic mass is 10.1. The van der Waals surface area contributed by atoms with Crippen molar-refractivity contribution in [2.45, 2.75) is 12.3 Å². The molecule has 116 valence electrons. The van der Waals surface area contributed by atoms with Crippen LogP contribution in [0, 0.1) is 5.82 Å². The molecule has 1 fully saturated rings. The molecule has 1 saturated heterocycles. The summed E-state index contributed by atoms with van der Waals surface area (Å²) in [6, 6.07) is 9.73. The molecule has 1 aromatic carbocycles. The zero-order chi connectivity index (χ0) is 15.8. The van der Waals surface area contributed by atoms with E-state index >= 15 is 0 Å². The topological polar surface area (TPSA) is 59.2 Å². The molecule has 2 aromatic heterocycles. The number of nitrogens with zero attached hydrogens (tertiary/aromatic N) is 3. The first-order valence-corrected chi connectivity index (χ1v) is 8.02. The number of hydrogen-bond donors (Lipinski definition) is 0. The van der Waals surface area contributed by atoms with E-state index in [2.05, 4.69) is 10.1 Å². The molecule has 1 atom stereocenters. The SMILES string of the molecule is O=C1C[C@H](c2nc(-c3cccs3)no2)CN1c1ccc(F)cc1. The van der Waals surface area contributed by atoms with Crippen LogP contribution in [0.15, 0.2) is 46.3 Å². The number of aromatic nitrogens is 2. The molecule has 1 aliphatic heterocycles. The van der Waals surface area contributed by atoms with Crippen molar-refractivity contribution in [2.24, 2.45) is 0 Å². The van der Waals surface area contributed by atoms with Crippen molar-refractivity contribution in [3.05, 3.63) is 53.5 Å². The third-order valence-electron chi connectivity index (χ3n) is 3.80. The van der Waals surface area contributed by atoms with Crippen LogP contribution in [-0.2, 0) is 4.79 Å². The second-order valence-electron chi connectivity index (χ2n) is 5.32. The van der Waals surface area contributed by atoms with Crippen LogP contribution in [0.2, 0.25) is 0 Å². The Bertz CT molecular complexity index is 829. The Morgan fingerprint density at radius 2 is 2.09 bits per heavy atom. The van der Waals surface area contributed by atoms with Gasteiger partial charge in [0.05, 0.1) is 10.8 Å². The van der Waals surface area contributed by atoms with Gasteiger partial charge in [0.2, 0.25) is 17.6 Å². The average Bonchev–Trinajstić information content (AvgIpc) is 3.27. The summed E-state index contributed by atoms with van der Waals surface area (Å²) < 4.78 is 18.3. The summed E-state index contributed by atoms with van der Waals surface area (Å²) in [5.74, 6) is 0.509. The van der Waals surface area contributed by atoms with Crippen LogP contribution in [0.4, 0.5) is 10.1 Å². The van der Waals surface area contributed by atoms with Gasteiger partial charge in [0.15, 0.2) is 0 Å². The fourth-order valence-corrected chi connectivity index (χ4v) is 3.30. The van der Waals surface area contributed by atoms with Gasteiger partial charge in [0.25, 0.3) is 0 Å². The normalized spacial score (nSPS) is 17.9. The number of halogens is 1. The minimum Gasteiger partial charge on any atom is -0.339 e. The predicted molar refractivity (Wildman–Crippen MR) is 83.7 cm³/mol. The molecule has 3 aromatic rings. The van der Waals surface area contributed by atoms with E-state index < -0.39 is 0 Å². The quantitative estimate of drug-likeness (QED) is 0.738. The van der Waals surface area contributed by atoms with Crippen molar-refractivity contribution in [2.75, 3.05) is 11.4 Å². The summed E-state index contributed by atoms with van der Waals surface area (Å²) in [7, 11) is 0. The van der Waals surface area contributed by atoms with E-state index in [0.717, 1.165) is 4.88 Å². The lowest BCUT2D eigenvalue weighted by molar-refractivity contribution is -0.117. The van der Waals surface area contributed by atoms with Gasteiger partial charge in [-0.25, -0.2) is 4.39 Å². The molecule has 0 bridgehead atoms. The van der Waals surface area contributed by atoms with Crippen LogP contribution in [0.3, 0.4) is 0 Å². The zero-order valence-electron chi connectivity index (χ0n) is 12.0. The van der Waals surface area contributed by atoms with E-state index in [4.69, 9.17) is 4.52 Å². The number of carbonyl (C=O) groups is 1. The molecular weight excluding hydrogens is 317 g/mol. The molecule has 0 spiro atoms. The van der Waals surface area contributed by atoms with Crippen molar-refractivity contribution < 1.29 is 13.7 Å². The van der Waals surface area contributed by atoms with Crippen LogP contribution in [0.1, 0.15) is 18.2 Å². The van der Waals surface area contributed by atoms with Gasteiger partial charge in [-0.05, 0) is 35.7 Å². The molecule has 23 heavy (non-hydrogen) atoms. The monoisotopic (exact) mass is 329 g/mol. The van der Waals surface area contributed by atoms with Crippen molar-refractivity contribution >= 4 is 22.9 Å². The number of thiophene rings is 1. The Morgan fingerprint density at radius 1 is 1.26 bits per heavy atom. The van der Waals surface area contributed by atoms with Gasteiger partial charge >= 0.3 is 0 Å². The van der Waals surface area contributed by atoms with E-state index in [0.29, 0.717) is 30.4 Å². The molecule has 0 N–H and O–H groups in total. The van der Waals surface area contributed by atoms with Crippen molar-refractivity contribution in [3.8, 4) is 10.7 Å². The number of carbonyl (C=O) groups excluding carboxylic acids is 1. The first kappa shape index (κ1) is 14.1. The van der Waals surface area contributed by atoms with E-state index in [-0.39, 0.29) is 17.6 Å². The van der Waals surface area contributed by atoms with Gasteiger partial charge < -0.3 is 9.42 Å². The molecular formula is C16H12FN3O2S. The summed E-state index contributed by atoms with van der Waals surface area (Å²) in [5.41, 5.74) is 0.678. The molecule has 0 aliphatic carbocycles. The lowest BCUT2D eigenvalue weighted by Gasteiger charge is -2.15. The second-order valence-corrected chi connectivity index (χ2v) is 6.26. The van der Waals surface area contributed by atoms with Gasteiger partial charge in [-0.3, -0.25) is 4.79 Å². The maximum atomic E-state index is 13.0. The van der Waals surface area contributed by atoms with Crippen LogP contribution in [0.5, 0.6) is 0 Å². The second kappa shape index (κ2) is 5.58. The minimum absolute atomic E-state index is 0.0301. The highest BCUT2D eigenvalue weighted by atomic mass is 32.1. The summed E-state index contributed by atoms with van der Waals surface area (Å²) in [6.45, 7) is 0.455. The fraction of sp³-hybridized carbons (Fsp3) is 0.188. The smallest absolute Gasteiger partial charge is 0.232 e. The fourth-order valence-electron chi connectivity index (χ4n) is 2.65. The van der Waals surface area contributed by atoms with Crippen LogP contribution >= 0.6 is 11.3 Å². The molecule has 1 amide bonds. The van der Waals surface area contributed by atoms with Gasteiger partial charge in [-0.2, -0.15) is 4.98 Å². The van der Waals surface area contributed by atoms with Crippen molar-refractivity contribution in [1.29, 1.82) is 0 Å². The summed E-state index contributed by atoms with van der Waals surface area (Å²) in [5, 5.41) is 5.93. The molecule has 0 saturated carbocycles. The van der Waals surface area contributed by atoms with Crippen molar-refractivity contribution in [3.63, 3.8) is 0 Å². The summed E-state index contributed by atoms with van der Waals surface area (Å²) >= 11 is 1.53. The Labute approximate surface area is 135 Å². The maximum absolute atomic E-state index is 13.0. The highest BCUT2D eigenvalue weighted by molar-refractivity contribution is 7.13. The largest absolute Gasteiger partial charge is 0.339 e. The standard InChI is InChI=1S/C16H12FN3O2S/c17-11-3-5-12(6-4-11)20-9-10(8-14(20)21)16-18-15(19-22-16)13-2-1-7-23-13/h1-7,10H,8-9H2/t10-/m0/s1. The van der Waals surface area contributed by atoms with Gasteiger partial charge in [-0.1, -0.05) is 11.2 Å². The minimum atomic E-state index is -0.325. The number of hydrogen-bond acceptors (Lipinski definition) is 5. The van der Waals surface area contributed by atoms with E-state index in [1.165, 1.54) is 23.5 Å². The number of rotatable bonds is 3. The third-order valence-corrected chi connectivity index (χ3v) is 4.66. The molecule has 7 heteroatoms. The lowest BCUT2D eigenvalue weighted by Crippen LogP contribution is -2.24. The summed E-state index contributed by atoms with van der Waals surface area (Å²) in [6.07, 6.45) is 0.309. The first-order chi connectivity index (χ1) is 11.2. The van der Waals surface area contributed by atoms with Gasteiger partial charge in [-0.15, -0.1) is 11.3 Å². The summed E-state index contributed by atoms with van der Waals surface area (Å²) in [4.78, 5) is 19.2. The van der Waals surface area contributed by atoms with Gasteiger partial charge in [0.1, 0.15) is 5.82 Å². The Morgan fingerprint density at radius 3 is 2.83 bits per heavy atom. The average molecular weight is 329 g/mol. The molecule has 4 rings (SSSR count). The third kappa shape index (κ3) is 2.63. The predicted octanol–water partition coefficient (Wildman–Crippen LogP) is 3.46. The van der Waals surface area contributed by atoms with E-state index in [1.807, 2.05) is 17.5 Å². The van der Waals surface area contributed by atoms with Crippen LogP contribution < -0.4 is 4.90 Å². The first-order valence-electron chi connectivity index (χ1n) is 7.14. The molecule has 1 aliphatic rings. The highest BCUT2D eigenvalue weighted by Crippen LogP contribution is 2.32.